The van der Waals surface area contributed by atoms with Gasteiger partial charge in [0.2, 0.25) is 0 Å². The van der Waals surface area contributed by atoms with Gasteiger partial charge in [-0.05, 0) is 35.0 Å². The summed E-state index contributed by atoms with van der Waals surface area (Å²) in [5.41, 5.74) is 0.381. The zero-order valence-corrected chi connectivity index (χ0v) is 12.3. The van der Waals surface area contributed by atoms with Crippen LogP contribution in [0.1, 0.15) is 22.1 Å². The van der Waals surface area contributed by atoms with Crippen LogP contribution >= 0.6 is 0 Å². The number of hydrogen-bond acceptors (Lipinski definition) is 2. The Kier molecular flexibility index (Phi) is 4.85. The molecule has 2 N–H and O–H groups in total. The second-order valence-corrected chi connectivity index (χ2v) is 3.39. The van der Waals surface area contributed by atoms with E-state index in [2.05, 4.69) is 0 Å². The largest absolute Gasteiger partial charge is 1.00 e. The molecule has 0 saturated carbocycles. The number of carboxylic acids is 2. The van der Waals surface area contributed by atoms with Gasteiger partial charge in [0, 0.05) is 0 Å². The molecule has 0 aliphatic carbocycles. The van der Waals surface area contributed by atoms with Crippen LogP contribution in [0.5, 0.6) is 0 Å². The summed E-state index contributed by atoms with van der Waals surface area (Å²) in [4.78, 5) is 21.5. The van der Waals surface area contributed by atoms with E-state index in [1.807, 2.05) is 0 Å². The Balaban J connectivity index is 0.00000144. The number of hydrogen-bond donors (Lipinski definition) is 2. The van der Waals surface area contributed by atoms with E-state index < -0.39 is 11.9 Å². The molecular weight excluding hydrogens is 247 g/mol. The first-order valence-electron chi connectivity index (χ1n) is 4.58. The molecule has 2 aromatic carbocycles. The molecule has 0 unspecified atom stereocenters. The average molecular weight is 256 g/mol. The van der Waals surface area contributed by atoms with Gasteiger partial charge in [0.15, 0.2) is 0 Å². The third-order valence-electron chi connectivity index (χ3n) is 2.33. The van der Waals surface area contributed by atoms with E-state index in [-0.39, 0.29) is 63.9 Å². The molecule has 0 aromatic heterocycles. The fourth-order valence-corrected chi connectivity index (χ4v) is 1.51. The zero-order chi connectivity index (χ0) is 11.7. The molecule has 0 amide bonds. The van der Waals surface area contributed by atoms with Crippen molar-refractivity contribution in [3.8, 4) is 0 Å². The molecule has 0 aliphatic heterocycles. The Labute approximate surface area is 141 Å². The van der Waals surface area contributed by atoms with E-state index in [1.54, 1.807) is 12.1 Å². The van der Waals surface area contributed by atoms with Crippen LogP contribution in [0.15, 0.2) is 36.4 Å². The maximum atomic E-state index is 10.7. The molecule has 5 heteroatoms. The molecule has 0 atom stereocenters. The van der Waals surface area contributed by atoms with Crippen LogP contribution in [-0.2, 0) is 0 Å². The number of benzene rings is 2. The van der Waals surface area contributed by atoms with Crippen molar-refractivity contribution < 1.29 is 72.6 Å². The van der Waals surface area contributed by atoms with Gasteiger partial charge in [-0.3, -0.25) is 0 Å². The predicted molar refractivity (Wildman–Crippen MR) is 59.0 cm³/mol. The maximum Gasteiger partial charge on any atom is 1.00 e. The average Bonchev–Trinajstić information content (AvgIpc) is 2.27. The van der Waals surface area contributed by atoms with Crippen LogP contribution in [0.3, 0.4) is 0 Å². The second-order valence-electron chi connectivity index (χ2n) is 3.39. The minimum Gasteiger partial charge on any atom is -1.00 e. The van der Waals surface area contributed by atoms with Gasteiger partial charge in [-0.15, -0.1) is 0 Å². The van der Waals surface area contributed by atoms with Gasteiger partial charge in [-0.2, -0.15) is 0 Å². The molecule has 0 heterocycles. The molecule has 0 aliphatic rings. The van der Waals surface area contributed by atoms with Crippen molar-refractivity contribution in [2.75, 3.05) is 0 Å². The van der Waals surface area contributed by atoms with Crippen molar-refractivity contribution in [1.82, 2.24) is 0 Å². The minimum absolute atomic E-state index is 0. The van der Waals surface area contributed by atoms with Crippen LogP contribution in [0.4, 0.5) is 0 Å². The molecule has 0 fully saturated rings. The van der Waals surface area contributed by atoms with Gasteiger partial charge in [-0.1, -0.05) is 12.1 Å². The molecule has 0 bridgehead atoms. The monoisotopic (exact) mass is 256 g/mol. The van der Waals surface area contributed by atoms with Crippen LogP contribution < -0.4 is 51.4 Å². The molecule has 4 nitrogen and oxygen atoms in total. The third kappa shape index (κ3) is 3.14. The summed E-state index contributed by atoms with van der Waals surface area (Å²) in [5.74, 6) is -1.99. The second kappa shape index (κ2) is 5.75. The molecule has 2 rings (SSSR count). The number of aromatic carboxylic acids is 2. The number of carbonyl (C=O) groups is 2. The van der Waals surface area contributed by atoms with Gasteiger partial charge in [0.25, 0.3) is 0 Å². The van der Waals surface area contributed by atoms with Crippen molar-refractivity contribution in [3.63, 3.8) is 0 Å². The molecular formula is C12H9KO4. The third-order valence-corrected chi connectivity index (χ3v) is 2.33. The van der Waals surface area contributed by atoms with Crippen LogP contribution in [-0.4, -0.2) is 22.2 Å². The predicted octanol–water partition coefficient (Wildman–Crippen LogP) is -0.647. The summed E-state index contributed by atoms with van der Waals surface area (Å²) in [6, 6.07) is 9.15. The van der Waals surface area contributed by atoms with Crippen molar-refractivity contribution in [3.05, 3.63) is 47.5 Å². The summed E-state index contributed by atoms with van der Waals surface area (Å²) in [6.07, 6.45) is 0. The summed E-state index contributed by atoms with van der Waals surface area (Å²) in [7, 11) is 0. The van der Waals surface area contributed by atoms with E-state index in [0.717, 1.165) is 0 Å². The number of fused-ring (bicyclic) bond motifs is 1. The van der Waals surface area contributed by atoms with E-state index in [1.165, 1.54) is 24.3 Å². The van der Waals surface area contributed by atoms with E-state index in [4.69, 9.17) is 10.2 Å². The Hall–Kier alpha value is -0.724. The van der Waals surface area contributed by atoms with Crippen molar-refractivity contribution in [2.45, 2.75) is 0 Å². The molecule has 0 spiro atoms. The fourth-order valence-electron chi connectivity index (χ4n) is 1.51. The van der Waals surface area contributed by atoms with Gasteiger partial charge in [-0.25, -0.2) is 9.59 Å². The quantitative estimate of drug-likeness (QED) is 0.700. The molecule has 2 aromatic rings. The van der Waals surface area contributed by atoms with Gasteiger partial charge in [0.05, 0.1) is 11.1 Å². The zero-order valence-electron chi connectivity index (χ0n) is 10.2. The summed E-state index contributed by atoms with van der Waals surface area (Å²) in [5, 5.41) is 19.0. The molecule has 17 heavy (non-hydrogen) atoms. The Morgan fingerprint density at radius 1 is 0.824 bits per heavy atom. The normalized spacial score (nSPS) is 9.65. The van der Waals surface area contributed by atoms with Crippen LogP contribution in [0, 0.1) is 0 Å². The van der Waals surface area contributed by atoms with Crippen molar-refractivity contribution >= 4 is 22.7 Å². The van der Waals surface area contributed by atoms with Gasteiger partial charge < -0.3 is 11.6 Å². The summed E-state index contributed by atoms with van der Waals surface area (Å²) >= 11 is 0. The number of rotatable bonds is 2. The van der Waals surface area contributed by atoms with Gasteiger partial charge in [0.1, 0.15) is 0 Å². The summed E-state index contributed by atoms with van der Waals surface area (Å²) in [6.45, 7) is 0. The topological polar surface area (TPSA) is 74.6 Å². The molecule has 0 saturated heterocycles. The van der Waals surface area contributed by atoms with E-state index in [9.17, 15) is 9.59 Å². The minimum atomic E-state index is -0.996. The maximum absolute atomic E-state index is 10.7. The molecule has 0 radical (unpaired) electrons. The Morgan fingerprint density at radius 2 is 1.18 bits per heavy atom. The van der Waals surface area contributed by atoms with Crippen LogP contribution in [0.25, 0.3) is 10.8 Å². The van der Waals surface area contributed by atoms with Crippen molar-refractivity contribution in [1.29, 1.82) is 0 Å². The van der Waals surface area contributed by atoms with Crippen LogP contribution in [0.2, 0.25) is 0 Å². The summed E-state index contributed by atoms with van der Waals surface area (Å²) < 4.78 is 0. The number of carboxylic acid groups (broad SMARTS) is 2. The first-order chi connectivity index (χ1) is 7.58. The van der Waals surface area contributed by atoms with E-state index >= 15 is 0 Å². The van der Waals surface area contributed by atoms with Crippen molar-refractivity contribution in [2.24, 2.45) is 0 Å². The first kappa shape index (κ1) is 14.3. The smallest absolute Gasteiger partial charge is 1.00 e. The van der Waals surface area contributed by atoms with Gasteiger partial charge >= 0.3 is 63.3 Å². The first-order valence-corrected chi connectivity index (χ1v) is 4.58. The SMILES string of the molecule is O=C(O)c1ccc2cc(C(=O)O)ccc2c1.[H-].[K+]. The Morgan fingerprint density at radius 3 is 1.47 bits per heavy atom. The fraction of sp³-hybridized carbons (Fsp3) is 0. The standard InChI is InChI=1S/C12H8O4.K.H/c13-11(14)9-3-1-7-5-10(12(15)16)4-2-8(7)6-9;;/h1-6H,(H,13,14)(H,15,16);;/q;+1;-1. The Bertz CT molecular complexity index is 544. The van der Waals surface area contributed by atoms with E-state index in [0.29, 0.717) is 10.8 Å². The molecule has 82 valence electrons.